The van der Waals surface area contributed by atoms with E-state index >= 15 is 0 Å². The van der Waals surface area contributed by atoms with Crippen LogP contribution in [0.25, 0.3) is 0 Å². The van der Waals surface area contributed by atoms with E-state index in [1.807, 2.05) is 38.1 Å². The van der Waals surface area contributed by atoms with Crippen LogP contribution >= 0.6 is 11.6 Å². The van der Waals surface area contributed by atoms with Crippen LogP contribution in [0.3, 0.4) is 0 Å². The molecule has 0 fully saturated rings. The van der Waals surface area contributed by atoms with Crippen LogP contribution in [0, 0.1) is 5.82 Å². The van der Waals surface area contributed by atoms with Gasteiger partial charge in [-0.15, -0.1) is 0 Å². The Morgan fingerprint density at radius 1 is 1.10 bits per heavy atom. The highest BCUT2D eigenvalue weighted by Gasteiger charge is 2.15. The van der Waals surface area contributed by atoms with Gasteiger partial charge >= 0.3 is 0 Å². The van der Waals surface area contributed by atoms with E-state index in [0.717, 1.165) is 5.56 Å². The Morgan fingerprint density at radius 3 is 2.48 bits per heavy atom. The Morgan fingerprint density at radius 2 is 1.86 bits per heavy atom. The van der Waals surface area contributed by atoms with E-state index < -0.39 is 0 Å². The third-order valence-electron chi connectivity index (χ3n) is 3.52. The maximum absolute atomic E-state index is 14.1. The van der Waals surface area contributed by atoms with E-state index in [1.165, 1.54) is 13.2 Å². The monoisotopic (exact) mass is 307 g/mol. The lowest BCUT2D eigenvalue weighted by Gasteiger charge is -2.21. The molecule has 2 rings (SSSR count). The molecule has 21 heavy (non-hydrogen) atoms. The lowest BCUT2D eigenvalue weighted by atomic mass is 10.0. The standard InChI is InChI=1S/C17H19ClFNO/c1-11(13-5-4-6-14(18)9-13)20-12(2)16-8-7-15(21-3)10-17(16)19/h4-12,20H,1-3H3/t11-,12?/m0/s1. The molecule has 0 aromatic heterocycles. The first-order chi connectivity index (χ1) is 10.0. The third kappa shape index (κ3) is 3.96. The van der Waals surface area contributed by atoms with Crippen molar-refractivity contribution in [1.29, 1.82) is 0 Å². The molecule has 2 aromatic rings. The first-order valence-corrected chi connectivity index (χ1v) is 7.24. The van der Waals surface area contributed by atoms with Crippen LogP contribution < -0.4 is 10.1 Å². The van der Waals surface area contributed by atoms with Crippen molar-refractivity contribution in [1.82, 2.24) is 5.32 Å². The van der Waals surface area contributed by atoms with Crippen LogP contribution in [-0.4, -0.2) is 7.11 Å². The van der Waals surface area contributed by atoms with E-state index in [9.17, 15) is 4.39 Å². The largest absolute Gasteiger partial charge is 0.497 e. The molecule has 0 heterocycles. The number of ether oxygens (including phenoxy) is 1. The van der Waals surface area contributed by atoms with Crippen LogP contribution in [0.15, 0.2) is 42.5 Å². The Bertz CT molecular complexity index is 617. The molecule has 0 aliphatic rings. The number of nitrogens with one attached hydrogen (secondary N) is 1. The molecule has 0 saturated heterocycles. The van der Waals surface area contributed by atoms with Crippen LogP contribution in [0.4, 0.5) is 4.39 Å². The SMILES string of the molecule is COc1ccc(C(C)N[C@@H](C)c2cccc(Cl)c2)c(F)c1. The molecule has 4 heteroatoms. The normalized spacial score (nSPS) is 13.8. The van der Waals surface area contributed by atoms with Crippen molar-refractivity contribution >= 4 is 11.6 Å². The zero-order valence-electron chi connectivity index (χ0n) is 12.4. The van der Waals surface area contributed by atoms with Gasteiger partial charge in [0.2, 0.25) is 0 Å². The predicted octanol–water partition coefficient (Wildman–Crippen LogP) is 4.90. The summed E-state index contributed by atoms with van der Waals surface area (Å²) in [6, 6.07) is 12.5. The van der Waals surface area contributed by atoms with Crippen LogP contribution in [0.2, 0.25) is 5.02 Å². The van der Waals surface area contributed by atoms with Crippen molar-refractivity contribution in [3.8, 4) is 5.75 Å². The van der Waals surface area contributed by atoms with Crippen LogP contribution in [0.1, 0.15) is 37.1 Å². The van der Waals surface area contributed by atoms with Gasteiger partial charge < -0.3 is 10.1 Å². The number of rotatable bonds is 5. The molecule has 0 saturated carbocycles. The lowest BCUT2D eigenvalue weighted by molar-refractivity contribution is 0.408. The molecule has 1 N–H and O–H groups in total. The van der Waals surface area contributed by atoms with Gasteiger partial charge in [-0.1, -0.05) is 29.8 Å². The predicted molar refractivity (Wildman–Crippen MR) is 84.4 cm³/mol. The second-order valence-corrected chi connectivity index (χ2v) is 5.49. The van der Waals surface area contributed by atoms with Crippen molar-refractivity contribution in [2.45, 2.75) is 25.9 Å². The Labute approximate surface area is 129 Å². The van der Waals surface area contributed by atoms with Gasteiger partial charge in [-0.2, -0.15) is 0 Å². The summed E-state index contributed by atoms with van der Waals surface area (Å²) in [6.07, 6.45) is 0. The molecule has 0 aliphatic heterocycles. The number of hydrogen-bond donors (Lipinski definition) is 1. The molecular formula is C17H19ClFNO. The summed E-state index contributed by atoms with van der Waals surface area (Å²) >= 11 is 6.00. The van der Waals surface area contributed by atoms with Gasteiger partial charge in [0.15, 0.2) is 0 Å². The molecule has 2 aromatic carbocycles. The average Bonchev–Trinajstić information content (AvgIpc) is 2.46. The number of halogens is 2. The van der Waals surface area contributed by atoms with Gasteiger partial charge in [-0.3, -0.25) is 0 Å². The van der Waals surface area contributed by atoms with Gasteiger partial charge in [-0.05, 0) is 37.6 Å². The van der Waals surface area contributed by atoms with Crippen molar-refractivity contribution in [2.75, 3.05) is 7.11 Å². The molecule has 112 valence electrons. The molecule has 0 amide bonds. The Balaban J connectivity index is 2.12. The summed E-state index contributed by atoms with van der Waals surface area (Å²) in [6.45, 7) is 3.97. The summed E-state index contributed by atoms with van der Waals surface area (Å²) in [7, 11) is 1.53. The Hall–Kier alpha value is -1.58. The molecule has 1 unspecified atom stereocenters. The molecule has 0 aliphatic carbocycles. The van der Waals surface area contributed by atoms with E-state index in [4.69, 9.17) is 16.3 Å². The first-order valence-electron chi connectivity index (χ1n) is 6.86. The molecular weight excluding hydrogens is 289 g/mol. The molecule has 0 spiro atoms. The zero-order valence-corrected chi connectivity index (χ0v) is 13.1. The van der Waals surface area contributed by atoms with E-state index in [2.05, 4.69) is 5.32 Å². The quantitative estimate of drug-likeness (QED) is 0.848. The highest BCUT2D eigenvalue weighted by atomic mass is 35.5. The fourth-order valence-electron chi connectivity index (χ4n) is 2.32. The summed E-state index contributed by atoms with van der Waals surface area (Å²) < 4.78 is 19.1. The smallest absolute Gasteiger partial charge is 0.131 e. The first kappa shape index (κ1) is 15.8. The van der Waals surface area contributed by atoms with Crippen LogP contribution in [0.5, 0.6) is 5.75 Å². The zero-order chi connectivity index (χ0) is 15.4. The minimum Gasteiger partial charge on any atom is -0.497 e. The third-order valence-corrected chi connectivity index (χ3v) is 3.76. The van der Waals surface area contributed by atoms with E-state index in [0.29, 0.717) is 16.3 Å². The second-order valence-electron chi connectivity index (χ2n) is 5.05. The summed E-state index contributed by atoms with van der Waals surface area (Å²) in [5, 5.41) is 4.08. The van der Waals surface area contributed by atoms with Crippen LogP contribution in [-0.2, 0) is 0 Å². The minimum absolute atomic E-state index is 0.0696. The molecule has 0 radical (unpaired) electrons. The number of hydrogen-bond acceptors (Lipinski definition) is 2. The van der Waals surface area contributed by atoms with Crippen molar-refractivity contribution in [2.24, 2.45) is 0 Å². The number of methoxy groups -OCH3 is 1. The maximum atomic E-state index is 14.1. The van der Waals surface area contributed by atoms with Gasteiger partial charge in [0.25, 0.3) is 0 Å². The highest BCUT2D eigenvalue weighted by molar-refractivity contribution is 6.30. The van der Waals surface area contributed by atoms with E-state index in [-0.39, 0.29) is 17.9 Å². The minimum atomic E-state index is -0.271. The lowest BCUT2D eigenvalue weighted by Crippen LogP contribution is -2.23. The van der Waals surface area contributed by atoms with E-state index in [1.54, 1.807) is 12.1 Å². The van der Waals surface area contributed by atoms with Crippen molar-refractivity contribution in [3.63, 3.8) is 0 Å². The molecule has 0 bridgehead atoms. The topological polar surface area (TPSA) is 21.3 Å². The van der Waals surface area contributed by atoms with Gasteiger partial charge in [0.05, 0.1) is 7.11 Å². The second kappa shape index (κ2) is 6.92. The average molecular weight is 308 g/mol. The number of benzene rings is 2. The van der Waals surface area contributed by atoms with Crippen molar-refractivity contribution < 1.29 is 9.13 Å². The van der Waals surface area contributed by atoms with Gasteiger partial charge in [-0.25, -0.2) is 4.39 Å². The van der Waals surface area contributed by atoms with Crippen molar-refractivity contribution in [3.05, 3.63) is 64.4 Å². The van der Waals surface area contributed by atoms with Gasteiger partial charge in [0.1, 0.15) is 11.6 Å². The summed E-state index contributed by atoms with van der Waals surface area (Å²) in [4.78, 5) is 0. The summed E-state index contributed by atoms with van der Waals surface area (Å²) in [5.41, 5.74) is 1.69. The fraction of sp³-hybridized carbons (Fsp3) is 0.294. The fourth-order valence-corrected chi connectivity index (χ4v) is 2.52. The summed E-state index contributed by atoms with van der Waals surface area (Å²) in [5.74, 6) is 0.249. The Kier molecular flexibility index (Phi) is 5.21. The van der Waals surface area contributed by atoms with Gasteiger partial charge in [0, 0.05) is 28.7 Å². The molecule has 2 nitrogen and oxygen atoms in total. The highest BCUT2D eigenvalue weighted by Crippen LogP contribution is 2.25. The maximum Gasteiger partial charge on any atom is 0.131 e. The molecule has 2 atom stereocenters.